The molecule has 0 radical (unpaired) electrons. The molecule has 0 bridgehead atoms. The maximum atomic E-state index is 9.42. The molecular formula is C30H63NO. The van der Waals surface area contributed by atoms with Gasteiger partial charge in [-0.25, -0.2) is 0 Å². The third kappa shape index (κ3) is 28.0. The molecule has 0 saturated carbocycles. The predicted molar refractivity (Wildman–Crippen MR) is 145 cm³/mol. The van der Waals surface area contributed by atoms with Crippen LogP contribution >= 0.6 is 0 Å². The molecule has 1 atom stereocenters. The first-order chi connectivity index (χ1) is 15.8. The highest BCUT2D eigenvalue weighted by atomic mass is 16.3. The number of nitrogens with two attached hydrogens (primary N) is 1. The van der Waals surface area contributed by atoms with Gasteiger partial charge >= 0.3 is 0 Å². The number of aliphatic hydroxyl groups excluding tert-OH is 1. The molecule has 0 saturated heterocycles. The average molecular weight is 454 g/mol. The lowest BCUT2D eigenvalue weighted by atomic mass is 10.0. The van der Waals surface area contributed by atoms with E-state index < -0.39 is 0 Å². The molecule has 2 nitrogen and oxygen atoms in total. The summed E-state index contributed by atoms with van der Waals surface area (Å²) in [5.74, 6) is 0. The molecule has 0 aromatic carbocycles. The highest BCUT2D eigenvalue weighted by molar-refractivity contribution is 4.56. The molecule has 0 fully saturated rings. The summed E-state index contributed by atoms with van der Waals surface area (Å²) in [6, 6.07) is 0. The molecule has 0 rings (SSSR count). The van der Waals surface area contributed by atoms with Gasteiger partial charge in [0.2, 0.25) is 0 Å². The number of hydrogen-bond acceptors (Lipinski definition) is 2. The molecule has 0 spiro atoms. The summed E-state index contributed by atoms with van der Waals surface area (Å²) >= 11 is 0. The van der Waals surface area contributed by atoms with Crippen LogP contribution in [0.15, 0.2) is 0 Å². The van der Waals surface area contributed by atoms with E-state index in [1.165, 1.54) is 161 Å². The first-order valence-electron chi connectivity index (χ1n) is 15.2. The third-order valence-corrected chi connectivity index (χ3v) is 7.16. The Balaban J connectivity index is 3.01. The molecule has 3 N–H and O–H groups in total. The van der Waals surface area contributed by atoms with E-state index in [0.29, 0.717) is 6.54 Å². The zero-order valence-corrected chi connectivity index (χ0v) is 22.4. The molecule has 0 amide bonds. The van der Waals surface area contributed by atoms with Gasteiger partial charge in [0.15, 0.2) is 0 Å². The Morgan fingerprint density at radius 2 is 0.625 bits per heavy atom. The summed E-state index contributed by atoms with van der Waals surface area (Å²) in [4.78, 5) is 0. The van der Waals surface area contributed by atoms with E-state index >= 15 is 0 Å². The Hall–Kier alpha value is -0.0800. The quantitative estimate of drug-likeness (QED) is 0.116. The zero-order valence-electron chi connectivity index (χ0n) is 22.4. The normalized spacial score (nSPS) is 12.5. The van der Waals surface area contributed by atoms with Crippen LogP contribution in [-0.4, -0.2) is 17.8 Å². The molecule has 0 aromatic heterocycles. The fraction of sp³-hybridized carbons (Fsp3) is 1.00. The third-order valence-electron chi connectivity index (χ3n) is 7.16. The minimum atomic E-state index is -0.274. The molecular weight excluding hydrogens is 390 g/mol. The van der Waals surface area contributed by atoms with Gasteiger partial charge in [0.25, 0.3) is 0 Å². The predicted octanol–water partition coefficient (Wildman–Crippen LogP) is 9.86. The summed E-state index contributed by atoms with van der Waals surface area (Å²) in [7, 11) is 0. The zero-order chi connectivity index (χ0) is 23.4. The van der Waals surface area contributed by atoms with Crippen LogP contribution < -0.4 is 5.73 Å². The number of rotatable bonds is 28. The standard InChI is InChI=1S/C30H63NO/c1-2-3-4-5-6-7-8-9-10-11-12-13-14-15-16-17-18-19-20-21-22-23-24-25-26-27-28-30(32)29-31/h30,32H,2-29,31H2,1H3. The summed E-state index contributed by atoms with van der Waals surface area (Å²) in [5.41, 5.74) is 5.43. The lowest BCUT2D eigenvalue weighted by Gasteiger charge is -2.06. The van der Waals surface area contributed by atoms with Crippen LogP contribution in [0.3, 0.4) is 0 Å². The van der Waals surface area contributed by atoms with Crippen molar-refractivity contribution in [1.82, 2.24) is 0 Å². The molecule has 32 heavy (non-hydrogen) atoms. The second-order valence-corrected chi connectivity index (χ2v) is 10.5. The smallest absolute Gasteiger partial charge is 0.0662 e. The van der Waals surface area contributed by atoms with E-state index in [-0.39, 0.29) is 6.10 Å². The van der Waals surface area contributed by atoms with Crippen molar-refractivity contribution in [3.05, 3.63) is 0 Å². The summed E-state index contributed by atoms with van der Waals surface area (Å²) in [6.45, 7) is 2.72. The number of unbranched alkanes of at least 4 members (excludes halogenated alkanes) is 25. The van der Waals surface area contributed by atoms with Crippen LogP contribution in [0.25, 0.3) is 0 Å². The van der Waals surface area contributed by atoms with E-state index in [1.54, 1.807) is 0 Å². The SMILES string of the molecule is CCCCCCCCCCCCCCCCCCCCCCCCCCCCC(O)CN. The van der Waals surface area contributed by atoms with E-state index in [4.69, 9.17) is 5.73 Å². The van der Waals surface area contributed by atoms with Crippen molar-refractivity contribution in [3.8, 4) is 0 Å². The Bertz CT molecular complexity index is 320. The van der Waals surface area contributed by atoms with Gasteiger partial charge in [-0.15, -0.1) is 0 Å². The van der Waals surface area contributed by atoms with Crippen molar-refractivity contribution in [1.29, 1.82) is 0 Å². The molecule has 194 valence electrons. The van der Waals surface area contributed by atoms with Gasteiger partial charge in [0.1, 0.15) is 0 Å². The van der Waals surface area contributed by atoms with Crippen molar-refractivity contribution in [3.63, 3.8) is 0 Å². The summed E-state index contributed by atoms with van der Waals surface area (Å²) < 4.78 is 0. The molecule has 0 aromatic rings. The van der Waals surface area contributed by atoms with Gasteiger partial charge in [-0.1, -0.05) is 174 Å². The molecule has 0 heterocycles. The van der Waals surface area contributed by atoms with Crippen molar-refractivity contribution >= 4 is 0 Å². The van der Waals surface area contributed by atoms with Crippen LogP contribution in [0, 0.1) is 0 Å². The van der Waals surface area contributed by atoms with Crippen LogP contribution in [-0.2, 0) is 0 Å². The Labute approximate surface area is 203 Å². The minimum Gasteiger partial charge on any atom is -0.392 e. The monoisotopic (exact) mass is 453 g/mol. The van der Waals surface area contributed by atoms with Gasteiger partial charge in [-0.3, -0.25) is 0 Å². The maximum absolute atomic E-state index is 9.42. The van der Waals surface area contributed by atoms with Gasteiger partial charge in [-0.05, 0) is 6.42 Å². The first kappa shape index (κ1) is 31.9. The van der Waals surface area contributed by atoms with Crippen LogP contribution in [0.5, 0.6) is 0 Å². The first-order valence-corrected chi connectivity index (χ1v) is 15.2. The van der Waals surface area contributed by atoms with E-state index in [0.717, 1.165) is 12.8 Å². The largest absolute Gasteiger partial charge is 0.392 e. The van der Waals surface area contributed by atoms with Gasteiger partial charge < -0.3 is 10.8 Å². The van der Waals surface area contributed by atoms with Crippen LogP contribution in [0.2, 0.25) is 0 Å². The van der Waals surface area contributed by atoms with Crippen molar-refractivity contribution in [2.24, 2.45) is 5.73 Å². The van der Waals surface area contributed by atoms with E-state index in [1.807, 2.05) is 0 Å². The fourth-order valence-electron chi connectivity index (χ4n) is 4.81. The van der Waals surface area contributed by atoms with Crippen molar-refractivity contribution in [2.75, 3.05) is 6.54 Å². The van der Waals surface area contributed by atoms with E-state index in [2.05, 4.69) is 6.92 Å². The van der Waals surface area contributed by atoms with Crippen molar-refractivity contribution in [2.45, 2.75) is 186 Å². The minimum absolute atomic E-state index is 0.274. The van der Waals surface area contributed by atoms with Gasteiger partial charge in [0, 0.05) is 6.54 Å². The van der Waals surface area contributed by atoms with Crippen molar-refractivity contribution < 1.29 is 5.11 Å². The van der Waals surface area contributed by atoms with Gasteiger partial charge in [0.05, 0.1) is 6.10 Å². The Morgan fingerprint density at radius 1 is 0.406 bits per heavy atom. The Kier molecular flexibility index (Phi) is 28.9. The fourth-order valence-corrected chi connectivity index (χ4v) is 4.81. The molecule has 0 aliphatic carbocycles. The lowest BCUT2D eigenvalue weighted by Crippen LogP contribution is -2.19. The topological polar surface area (TPSA) is 46.2 Å². The highest BCUT2D eigenvalue weighted by Crippen LogP contribution is 2.16. The van der Waals surface area contributed by atoms with Crippen LogP contribution in [0.4, 0.5) is 0 Å². The van der Waals surface area contributed by atoms with Crippen LogP contribution in [0.1, 0.15) is 180 Å². The number of aliphatic hydroxyl groups is 1. The molecule has 1 unspecified atom stereocenters. The molecule has 0 aliphatic heterocycles. The second-order valence-electron chi connectivity index (χ2n) is 10.5. The summed E-state index contributed by atoms with van der Waals surface area (Å²) in [5, 5.41) is 9.42. The average Bonchev–Trinajstić information content (AvgIpc) is 2.81. The maximum Gasteiger partial charge on any atom is 0.0662 e. The van der Waals surface area contributed by atoms with E-state index in [9.17, 15) is 5.11 Å². The molecule has 0 aliphatic rings. The van der Waals surface area contributed by atoms with Gasteiger partial charge in [-0.2, -0.15) is 0 Å². The highest BCUT2D eigenvalue weighted by Gasteiger charge is 2.00. The Morgan fingerprint density at radius 3 is 0.844 bits per heavy atom. The molecule has 2 heteroatoms. The lowest BCUT2D eigenvalue weighted by molar-refractivity contribution is 0.168. The summed E-state index contributed by atoms with van der Waals surface area (Å²) in [6.07, 6.45) is 37.8. The number of hydrogen-bond donors (Lipinski definition) is 2. The second kappa shape index (κ2) is 29.0.